The molecule has 0 bridgehead atoms. The lowest BCUT2D eigenvalue weighted by molar-refractivity contribution is -0.148. The van der Waals surface area contributed by atoms with E-state index in [-0.39, 0.29) is 18.4 Å². The maximum Gasteiger partial charge on any atom is 0.261 e. The molecule has 1 aliphatic heterocycles. The van der Waals surface area contributed by atoms with Crippen molar-refractivity contribution in [2.45, 2.75) is 187 Å². The third-order valence-electron chi connectivity index (χ3n) is 9.82. The number of rotatable bonds is 35. The number of benzene rings is 1. The van der Waals surface area contributed by atoms with E-state index in [1.165, 1.54) is 140 Å². The standard InChI is InChI=1S/C46H75NO4/c1-3-5-7-9-11-13-15-17-19-21-23-25-27-29-31-35-39-50-44(41-47-45(48)42-37-33-34-38-43(42)46(47)49)51-40-36-32-30-28-26-24-22-20-18-16-14-12-10-8-6-4-2/h11,13,17-20,33-34,37-38,44H,3-10,12,14-16,21-32,35-36,39-41H2,1-2H3. The Bertz CT molecular complexity index is 1060. The summed E-state index contributed by atoms with van der Waals surface area (Å²) in [7, 11) is 0. The Labute approximate surface area is 313 Å². The van der Waals surface area contributed by atoms with Gasteiger partial charge in [-0.15, -0.1) is 0 Å². The van der Waals surface area contributed by atoms with Crippen LogP contribution < -0.4 is 0 Å². The van der Waals surface area contributed by atoms with Crippen molar-refractivity contribution >= 4 is 11.8 Å². The molecule has 0 saturated carbocycles. The number of carbonyl (C=O) groups excluding carboxylic acids is 2. The van der Waals surface area contributed by atoms with E-state index in [2.05, 4.69) is 50.3 Å². The van der Waals surface area contributed by atoms with E-state index < -0.39 is 6.29 Å². The molecule has 288 valence electrons. The minimum atomic E-state index is -0.590. The molecule has 0 radical (unpaired) electrons. The van der Waals surface area contributed by atoms with Gasteiger partial charge in [0.15, 0.2) is 6.29 Å². The summed E-state index contributed by atoms with van der Waals surface area (Å²) in [5.74, 6) is -0.502. The number of hydrogen-bond acceptors (Lipinski definition) is 4. The molecular formula is C46H75NO4. The summed E-state index contributed by atoms with van der Waals surface area (Å²) in [6.45, 7) is 5.82. The van der Waals surface area contributed by atoms with E-state index in [4.69, 9.17) is 9.47 Å². The van der Waals surface area contributed by atoms with Crippen LogP contribution in [0.5, 0.6) is 0 Å². The molecule has 5 nitrogen and oxygen atoms in total. The molecule has 1 atom stereocenters. The van der Waals surface area contributed by atoms with Gasteiger partial charge < -0.3 is 9.47 Å². The van der Waals surface area contributed by atoms with Crippen molar-refractivity contribution in [3.63, 3.8) is 0 Å². The van der Waals surface area contributed by atoms with Gasteiger partial charge in [-0.2, -0.15) is 0 Å². The zero-order chi connectivity index (χ0) is 36.5. The number of hydrogen-bond donors (Lipinski definition) is 0. The van der Waals surface area contributed by atoms with Crippen molar-refractivity contribution in [3.8, 4) is 0 Å². The maximum absolute atomic E-state index is 13.0. The molecule has 5 heteroatoms. The Morgan fingerprint density at radius 2 is 0.843 bits per heavy atom. The highest BCUT2D eigenvalue weighted by Crippen LogP contribution is 2.23. The normalized spacial score (nSPS) is 13.9. The van der Waals surface area contributed by atoms with Crippen LogP contribution in [-0.4, -0.2) is 42.8 Å². The summed E-state index contributed by atoms with van der Waals surface area (Å²) in [5, 5.41) is 0. The highest BCUT2D eigenvalue weighted by Gasteiger charge is 2.36. The monoisotopic (exact) mass is 706 g/mol. The smallest absolute Gasteiger partial charge is 0.261 e. The Kier molecular flexibility index (Phi) is 28.2. The molecule has 0 saturated heterocycles. The second-order valence-electron chi connectivity index (χ2n) is 14.5. The molecule has 0 aromatic heterocycles. The summed E-state index contributed by atoms with van der Waals surface area (Å²) in [6, 6.07) is 7.06. The van der Waals surface area contributed by atoms with Crippen molar-refractivity contribution in [2.24, 2.45) is 0 Å². The zero-order valence-electron chi connectivity index (χ0n) is 32.9. The van der Waals surface area contributed by atoms with Crippen LogP contribution in [0.4, 0.5) is 0 Å². The minimum absolute atomic E-state index is 0.140. The van der Waals surface area contributed by atoms with Crippen molar-refractivity contribution in [1.82, 2.24) is 4.90 Å². The number of carbonyl (C=O) groups is 2. The number of fused-ring (bicyclic) bond motifs is 1. The van der Waals surface area contributed by atoms with Gasteiger partial charge in [0.05, 0.1) is 17.7 Å². The van der Waals surface area contributed by atoms with Gasteiger partial charge in [-0.1, -0.05) is 159 Å². The molecule has 51 heavy (non-hydrogen) atoms. The quantitative estimate of drug-likeness (QED) is 0.0305. The average molecular weight is 706 g/mol. The van der Waals surface area contributed by atoms with Crippen molar-refractivity contribution in [1.29, 1.82) is 0 Å². The molecule has 1 aliphatic rings. The molecule has 1 aromatic rings. The Balaban J connectivity index is 1.57. The van der Waals surface area contributed by atoms with Gasteiger partial charge in [0, 0.05) is 13.2 Å². The molecule has 0 spiro atoms. The first kappa shape index (κ1) is 44.7. The van der Waals surface area contributed by atoms with Crippen LogP contribution in [0.1, 0.15) is 202 Å². The van der Waals surface area contributed by atoms with Crippen molar-refractivity contribution in [2.75, 3.05) is 19.8 Å². The van der Waals surface area contributed by atoms with Crippen LogP contribution in [0.2, 0.25) is 0 Å². The first-order valence-electron chi connectivity index (χ1n) is 21.3. The lowest BCUT2D eigenvalue weighted by Gasteiger charge is -2.23. The number of imide groups is 1. The minimum Gasteiger partial charge on any atom is -0.351 e. The third-order valence-corrected chi connectivity index (χ3v) is 9.82. The molecule has 1 aromatic carbocycles. The second-order valence-corrected chi connectivity index (χ2v) is 14.5. The number of ether oxygens (including phenoxy) is 2. The largest absolute Gasteiger partial charge is 0.351 e. The summed E-state index contributed by atoms with van der Waals surface area (Å²) < 4.78 is 12.3. The van der Waals surface area contributed by atoms with Gasteiger partial charge >= 0.3 is 0 Å². The van der Waals surface area contributed by atoms with Crippen LogP contribution in [0, 0.1) is 0 Å². The summed E-state index contributed by atoms with van der Waals surface area (Å²) in [6.07, 6.45) is 45.6. The predicted molar refractivity (Wildman–Crippen MR) is 216 cm³/mol. The lowest BCUT2D eigenvalue weighted by Crippen LogP contribution is -2.39. The van der Waals surface area contributed by atoms with Crippen LogP contribution in [-0.2, 0) is 9.47 Å². The van der Waals surface area contributed by atoms with Gasteiger partial charge in [0.25, 0.3) is 11.8 Å². The molecule has 1 heterocycles. The second kappa shape index (κ2) is 32.2. The van der Waals surface area contributed by atoms with Crippen LogP contribution >= 0.6 is 0 Å². The highest BCUT2D eigenvalue weighted by atomic mass is 16.7. The first-order valence-corrected chi connectivity index (χ1v) is 21.3. The number of nitrogens with zero attached hydrogens (tertiary/aromatic N) is 1. The van der Waals surface area contributed by atoms with Crippen LogP contribution in [0.25, 0.3) is 0 Å². The van der Waals surface area contributed by atoms with Crippen LogP contribution in [0.15, 0.2) is 60.7 Å². The van der Waals surface area contributed by atoms with E-state index in [0.29, 0.717) is 24.3 Å². The molecule has 2 amide bonds. The fourth-order valence-electron chi connectivity index (χ4n) is 6.58. The Morgan fingerprint density at radius 1 is 0.490 bits per heavy atom. The van der Waals surface area contributed by atoms with Gasteiger partial charge in [-0.05, 0) is 82.8 Å². The molecule has 0 fully saturated rings. The van der Waals surface area contributed by atoms with E-state index in [1.807, 2.05) is 0 Å². The average Bonchev–Trinajstić information content (AvgIpc) is 3.38. The number of allylic oxidation sites excluding steroid dienone is 6. The maximum atomic E-state index is 13.0. The number of amides is 2. The third kappa shape index (κ3) is 22.2. The van der Waals surface area contributed by atoms with Crippen LogP contribution in [0.3, 0.4) is 0 Å². The summed E-state index contributed by atoms with van der Waals surface area (Å²) >= 11 is 0. The van der Waals surface area contributed by atoms with Crippen molar-refractivity contribution in [3.05, 3.63) is 71.8 Å². The SMILES string of the molecule is CCCCCC=CCC=CCCCCCCCCOC(CN1C(=O)c2ccccc2C1=O)OCCCCCCCCC=CCCCCCCCC. The fraction of sp³-hybridized carbons (Fsp3) is 0.696. The zero-order valence-corrected chi connectivity index (χ0v) is 32.9. The fourth-order valence-corrected chi connectivity index (χ4v) is 6.58. The summed E-state index contributed by atoms with van der Waals surface area (Å²) in [5.41, 5.74) is 0.944. The predicted octanol–water partition coefficient (Wildman–Crippen LogP) is 13.5. The molecule has 0 N–H and O–H groups in total. The van der Waals surface area contributed by atoms with Gasteiger partial charge in [-0.3, -0.25) is 14.5 Å². The van der Waals surface area contributed by atoms with Gasteiger partial charge in [0.2, 0.25) is 0 Å². The van der Waals surface area contributed by atoms with E-state index in [0.717, 1.165) is 32.1 Å². The Hall–Kier alpha value is -2.50. The van der Waals surface area contributed by atoms with E-state index in [1.54, 1.807) is 24.3 Å². The number of unbranched alkanes of at least 4 members (excludes halogenated alkanes) is 21. The van der Waals surface area contributed by atoms with E-state index >= 15 is 0 Å². The molecule has 2 rings (SSSR count). The first-order chi connectivity index (χ1) is 25.2. The van der Waals surface area contributed by atoms with Crippen molar-refractivity contribution < 1.29 is 19.1 Å². The summed E-state index contributed by atoms with van der Waals surface area (Å²) in [4.78, 5) is 27.3. The Morgan fingerprint density at radius 3 is 1.29 bits per heavy atom. The lowest BCUT2D eigenvalue weighted by atomic mass is 10.1. The highest BCUT2D eigenvalue weighted by molar-refractivity contribution is 6.21. The molecular weight excluding hydrogens is 631 g/mol. The molecule has 0 aliphatic carbocycles. The van der Waals surface area contributed by atoms with Gasteiger partial charge in [0.1, 0.15) is 0 Å². The molecule has 1 unspecified atom stereocenters. The van der Waals surface area contributed by atoms with Gasteiger partial charge in [-0.25, -0.2) is 0 Å². The van der Waals surface area contributed by atoms with E-state index in [9.17, 15) is 9.59 Å². The topological polar surface area (TPSA) is 55.8 Å².